The normalized spacial score (nSPS) is 6.60. The summed E-state index contributed by atoms with van der Waals surface area (Å²) in [5.74, 6) is 0. The van der Waals surface area contributed by atoms with Crippen LogP contribution in [0.15, 0.2) is 5.00 Å². The van der Waals surface area contributed by atoms with E-state index in [1.807, 2.05) is 0 Å². The molecule has 0 fully saturated rings. The molecule has 0 unspecified atom stereocenters. The third kappa shape index (κ3) is 3.58. The van der Waals surface area contributed by atoms with Gasteiger partial charge in [0.2, 0.25) is 0 Å². The molecular formula is H2BN2O2. The molecule has 0 aromatic heterocycles. The first kappa shape index (κ1) is 4.58. The monoisotopic (exact) mass is 73.0 g/mol. The zero-order valence-corrected chi connectivity index (χ0v) is 2.37. The third-order valence-corrected chi connectivity index (χ3v) is 0.103. The van der Waals surface area contributed by atoms with Crippen LogP contribution in [-0.4, -0.2) is 23.4 Å². The third-order valence-electron chi connectivity index (χ3n) is 0.103. The second kappa shape index (κ2) is 1.86. The molecule has 0 spiro atoms. The molecule has 1 radical (unpaired) electrons. The predicted octanol–water partition coefficient (Wildman–Crippen LogP) is -0.666. The second-order valence-electron chi connectivity index (χ2n) is 0.384. The molecule has 0 saturated heterocycles. The fourth-order valence-electron chi connectivity index (χ4n) is 0. The van der Waals surface area contributed by atoms with Crippen molar-refractivity contribution in [3.63, 3.8) is 0 Å². The van der Waals surface area contributed by atoms with Crippen molar-refractivity contribution in [2.24, 2.45) is 5.00 Å². The first-order chi connectivity index (χ1) is 2.27. The summed E-state index contributed by atoms with van der Waals surface area (Å²) in [6.45, 7) is 0. The predicted molar refractivity (Wildman–Crippen MR) is 13.6 cm³/mol. The molecule has 27 valence electrons. The van der Waals surface area contributed by atoms with Gasteiger partial charge in [-0.15, -0.1) is 0 Å². The maximum atomic E-state index is 7.46. The van der Waals surface area contributed by atoms with E-state index in [0.29, 0.717) is 0 Å². The van der Waals surface area contributed by atoms with E-state index in [9.17, 15) is 0 Å². The van der Waals surface area contributed by atoms with Crippen molar-refractivity contribution in [2.75, 3.05) is 0 Å². The van der Waals surface area contributed by atoms with Crippen molar-refractivity contribution in [3.05, 3.63) is 0 Å². The van der Waals surface area contributed by atoms with Crippen molar-refractivity contribution < 1.29 is 10.4 Å². The summed E-state index contributed by atoms with van der Waals surface area (Å²) in [5.41, 5.74) is 0. The van der Waals surface area contributed by atoms with Crippen LogP contribution in [0.2, 0.25) is 0 Å². The molecule has 0 aromatic carbocycles. The van der Waals surface area contributed by atoms with Gasteiger partial charge in [0.05, 0.1) is 0 Å². The Bertz CT molecular complexity index is 34.6. The molecule has 0 rings (SSSR count). The molecule has 4 nitrogen and oxygen atoms in total. The van der Waals surface area contributed by atoms with Gasteiger partial charge in [0.1, 0.15) is 0 Å². The van der Waals surface area contributed by atoms with Crippen LogP contribution in [0.3, 0.4) is 0 Å². The summed E-state index contributed by atoms with van der Waals surface area (Å²) in [6, 6.07) is 0. The molecule has 0 aliphatic carbocycles. The van der Waals surface area contributed by atoms with Crippen molar-refractivity contribution in [1.82, 2.24) is 5.34 Å². The van der Waals surface area contributed by atoms with Gasteiger partial charge in [-0.25, -0.2) is 0 Å². The molecule has 0 amide bonds. The Kier molecular flexibility index (Phi) is 1.71. The standard InChI is InChI=1S/BH2N2O2/c1-2-3(4)5/h4-5H. The van der Waals surface area contributed by atoms with Crippen LogP contribution in [0.25, 0.3) is 0 Å². The van der Waals surface area contributed by atoms with Gasteiger partial charge in [-0.3, -0.25) is 0 Å². The summed E-state index contributed by atoms with van der Waals surface area (Å²) in [6.07, 6.45) is 0. The van der Waals surface area contributed by atoms with Crippen molar-refractivity contribution in [3.8, 4) is 0 Å². The van der Waals surface area contributed by atoms with E-state index in [1.165, 1.54) is 0 Å². The minimum absolute atomic E-state index is 0.472. The van der Waals surface area contributed by atoms with Gasteiger partial charge in [0, 0.05) is 0 Å². The van der Waals surface area contributed by atoms with Crippen LogP contribution >= 0.6 is 0 Å². The second-order valence-corrected chi connectivity index (χ2v) is 0.384. The summed E-state index contributed by atoms with van der Waals surface area (Å²) >= 11 is 0. The molecule has 0 heterocycles. The summed E-state index contributed by atoms with van der Waals surface area (Å²) in [5, 5.41) is 16.8. The van der Waals surface area contributed by atoms with Crippen molar-refractivity contribution in [2.45, 2.75) is 0 Å². The molecule has 0 aliphatic heterocycles. The summed E-state index contributed by atoms with van der Waals surface area (Å²) in [4.78, 5) is 0. The van der Waals surface area contributed by atoms with Crippen molar-refractivity contribution in [1.29, 1.82) is 0 Å². The van der Waals surface area contributed by atoms with E-state index in [2.05, 4.69) is 12.6 Å². The van der Waals surface area contributed by atoms with Crippen LogP contribution in [0, 0.1) is 0 Å². The molecule has 0 aromatic rings. The van der Waals surface area contributed by atoms with Gasteiger partial charge in [-0.05, 0) is 0 Å². The summed E-state index contributed by atoms with van der Waals surface area (Å²) < 4.78 is 0. The first-order valence-corrected chi connectivity index (χ1v) is 0.858. The van der Waals surface area contributed by atoms with Gasteiger partial charge in [0.15, 0.2) is 0 Å². The number of hydrogen-bond acceptors (Lipinski definition) is 4. The number of nitrogens with zero attached hydrogens (tertiary/aromatic N) is 2. The Morgan fingerprint density at radius 3 is 1.80 bits per heavy atom. The molecule has 5 heteroatoms. The van der Waals surface area contributed by atoms with E-state index in [4.69, 9.17) is 10.4 Å². The van der Waals surface area contributed by atoms with Gasteiger partial charge in [-0.1, -0.05) is 0 Å². The van der Waals surface area contributed by atoms with E-state index in [-0.39, 0.29) is 0 Å². The number of rotatable bonds is 1. The summed E-state index contributed by atoms with van der Waals surface area (Å²) in [7, 11) is 4.22. The van der Waals surface area contributed by atoms with Gasteiger partial charge in [0.25, 0.3) is 0 Å². The van der Waals surface area contributed by atoms with E-state index in [1.54, 1.807) is 0 Å². The Morgan fingerprint density at radius 2 is 1.80 bits per heavy atom. The Hall–Kier alpha value is -0.415. The quantitative estimate of drug-likeness (QED) is 0.319. The molecular weight excluding hydrogens is 70.8 g/mol. The zero-order chi connectivity index (χ0) is 4.28. The average molecular weight is 72.8 g/mol. The minimum atomic E-state index is -0.472. The topological polar surface area (TPSA) is 56.1 Å². The van der Waals surface area contributed by atoms with Crippen LogP contribution in [0.1, 0.15) is 0 Å². The van der Waals surface area contributed by atoms with Crippen LogP contribution in [0.4, 0.5) is 0 Å². The van der Waals surface area contributed by atoms with E-state index < -0.39 is 5.34 Å². The molecule has 2 N–H and O–H groups in total. The van der Waals surface area contributed by atoms with Crippen LogP contribution < -0.4 is 0 Å². The van der Waals surface area contributed by atoms with Crippen molar-refractivity contribution >= 4 is 7.64 Å². The Balaban J connectivity index is 2.83. The van der Waals surface area contributed by atoms with Crippen LogP contribution in [-0.2, 0) is 0 Å². The molecule has 0 bridgehead atoms. The first-order valence-electron chi connectivity index (χ1n) is 0.858. The zero-order valence-electron chi connectivity index (χ0n) is 2.37. The van der Waals surface area contributed by atoms with Gasteiger partial charge in [-0.2, -0.15) is 0 Å². The fourth-order valence-corrected chi connectivity index (χ4v) is 0. The molecule has 0 aliphatic rings. The van der Waals surface area contributed by atoms with Crippen LogP contribution in [0.5, 0.6) is 0 Å². The average Bonchev–Trinajstić information content (AvgIpc) is 1.38. The van der Waals surface area contributed by atoms with E-state index >= 15 is 0 Å². The Labute approximate surface area is 29.7 Å². The molecule has 0 atom stereocenters. The molecule has 5 heavy (non-hydrogen) atoms. The van der Waals surface area contributed by atoms with Gasteiger partial charge >= 0.3 is 28.4 Å². The fraction of sp³-hybridized carbons (Fsp3) is 0. The van der Waals surface area contributed by atoms with Gasteiger partial charge < -0.3 is 0 Å². The SMILES string of the molecule is [B]=NN(O)O. The molecule has 0 saturated carbocycles. The number of hydrogen-bond donors (Lipinski definition) is 2. The maximum absolute atomic E-state index is 7.46. The Morgan fingerprint density at radius 1 is 1.60 bits per heavy atom. The van der Waals surface area contributed by atoms with E-state index in [0.717, 1.165) is 0 Å².